The second-order valence-electron chi connectivity index (χ2n) is 3.34. The molecule has 0 spiro atoms. The summed E-state index contributed by atoms with van der Waals surface area (Å²) in [6, 6.07) is 2.90. The summed E-state index contributed by atoms with van der Waals surface area (Å²) in [5.41, 5.74) is 3.46. The molecule has 0 aliphatic heterocycles. The van der Waals surface area contributed by atoms with Crippen LogP contribution >= 0.6 is 39.9 Å². The third-order valence-electron chi connectivity index (χ3n) is 1.93. The van der Waals surface area contributed by atoms with E-state index in [1.807, 2.05) is 13.0 Å². The summed E-state index contributed by atoms with van der Waals surface area (Å²) in [5, 5.41) is 12.5. The van der Waals surface area contributed by atoms with Crippen LogP contribution in [0.4, 0.5) is 10.5 Å². The van der Waals surface area contributed by atoms with Crippen molar-refractivity contribution in [2.45, 2.75) is 6.92 Å². The molecule has 0 saturated carbocycles. The molecule has 19 heavy (non-hydrogen) atoms. The molecular formula is C10H13BrCl2N4O2. The van der Waals surface area contributed by atoms with Crippen molar-refractivity contribution in [1.29, 1.82) is 5.41 Å². The molecule has 6 nitrogen and oxygen atoms in total. The van der Waals surface area contributed by atoms with Gasteiger partial charge in [0.25, 0.3) is 0 Å². The molecule has 0 aromatic heterocycles. The quantitative estimate of drug-likeness (QED) is 0.366. The first-order chi connectivity index (χ1) is 8.43. The van der Waals surface area contributed by atoms with Gasteiger partial charge >= 0.3 is 6.03 Å². The number of carbonyl (C=O) groups excluding carboxylic acids is 1. The van der Waals surface area contributed by atoms with E-state index in [0.717, 1.165) is 10.0 Å². The van der Waals surface area contributed by atoms with Crippen molar-refractivity contribution >= 4 is 57.6 Å². The first-order valence-corrected chi connectivity index (χ1v) is 6.02. The molecule has 0 saturated heterocycles. The van der Waals surface area contributed by atoms with Gasteiger partial charge in [0, 0.05) is 4.47 Å². The van der Waals surface area contributed by atoms with Gasteiger partial charge in [0.1, 0.15) is 0 Å². The Labute approximate surface area is 130 Å². The van der Waals surface area contributed by atoms with Crippen molar-refractivity contribution in [2.75, 3.05) is 12.4 Å². The predicted octanol–water partition coefficient (Wildman–Crippen LogP) is 3.04. The summed E-state index contributed by atoms with van der Waals surface area (Å²) in [7, 11) is 1.34. The van der Waals surface area contributed by atoms with E-state index in [4.69, 9.17) is 17.0 Å². The van der Waals surface area contributed by atoms with Crippen molar-refractivity contribution in [3.8, 4) is 0 Å². The van der Waals surface area contributed by atoms with Gasteiger partial charge in [-0.1, -0.05) is 27.5 Å². The van der Waals surface area contributed by atoms with Crippen LogP contribution in [-0.2, 0) is 4.84 Å². The number of carbonyl (C=O) groups is 1. The molecule has 0 heterocycles. The first kappa shape index (κ1) is 18.0. The number of hydrogen-bond acceptors (Lipinski definition) is 3. The van der Waals surface area contributed by atoms with Gasteiger partial charge in [-0.3, -0.25) is 15.6 Å². The monoisotopic (exact) mass is 370 g/mol. The second kappa shape index (κ2) is 8.21. The van der Waals surface area contributed by atoms with E-state index >= 15 is 0 Å². The standard InChI is InChI=1S/C10H12BrClN4O2.ClH/c1-5-3-6(11)4-7(12)8(5)14-10(17)15-9(13)16-18-2;/h3-4H,1-2H3,(H4,13,14,15,16,17);1H. The minimum absolute atomic E-state index is 0. The average molecular weight is 372 g/mol. The molecule has 0 fully saturated rings. The predicted molar refractivity (Wildman–Crippen MR) is 81.2 cm³/mol. The van der Waals surface area contributed by atoms with Crippen LogP contribution in [0.25, 0.3) is 0 Å². The number of benzene rings is 1. The molecule has 1 rings (SSSR count). The summed E-state index contributed by atoms with van der Waals surface area (Å²) in [6.45, 7) is 1.81. The summed E-state index contributed by atoms with van der Waals surface area (Å²) < 4.78 is 0.824. The zero-order valence-corrected chi connectivity index (χ0v) is 13.3. The zero-order chi connectivity index (χ0) is 13.7. The zero-order valence-electron chi connectivity index (χ0n) is 10.1. The SMILES string of the molecule is CONC(=N)NC(=O)Nc1c(C)cc(Br)cc1Cl.Cl. The lowest BCUT2D eigenvalue weighted by Crippen LogP contribution is -2.41. The summed E-state index contributed by atoms with van der Waals surface area (Å²) in [4.78, 5) is 16.0. The number of rotatable bonds is 2. The molecule has 0 bridgehead atoms. The van der Waals surface area contributed by atoms with Gasteiger partial charge in [-0.25, -0.2) is 10.3 Å². The van der Waals surface area contributed by atoms with Gasteiger partial charge in [0.15, 0.2) is 0 Å². The van der Waals surface area contributed by atoms with Crippen LogP contribution < -0.4 is 16.1 Å². The largest absolute Gasteiger partial charge is 0.326 e. The van der Waals surface area contributed by atoms with Crippen LogP contribution in [0.1, 0.15) is 5.56 Å². The van der Waals surface area contributed by atoms with Crippen molar-refractivity contribution in [3.05, 3.63) is 27.2 Å². The Bertz CT molecular complexity index is 462. The number of anilines is 1. The Morgan fingerprint density at radius 3 is 2.63 bits per heavy atom. The fraction of sp³-hybridized carbons (Fsp3) is 0.200. The number of urea groups is 1. The van der Waals surface area contributed by atoms with E-state index in [1.54, 1.807) is 6.07 Å². The number of aryl methyl sites for hydroxylation is 1. The molecule has 4 N–H and O–H groups in total. The highest BCUT2D eigenvalue weighted by Gasteiger charge is 2.10. The number of guanidine groups is 1. The van der Waals surface area contributed by atoms with E-state index in [0.29, 0.717) is 10.7 Å². The van der Waals surface area contributed by atoms with Crippen LogP contribution in [0, 0.1) is 12.3 Å². The maximum atomic E-state index is 11.6. The maximum Gasteiger partial charge on any atom is 0.326 e. The number of hydrogen-bond donors (Lipinski definition) is 4. The number of amides is 2. The molecule has 1 aromatic carbocycles. The van der Waals surface area contributed by atoms with Crippen molar-refractivity contribution in [2.24, 2.45) is 0 Å². The minimum Gasteiger partial charge on any atom is -0.306 e. The fourth-order valence-electron chi connectivity index (χ4n) is 1.25. The van der Waals surface area contributed by atoms with Gasteiger partial charge in [-0.2, -0.15) is 0 Å². The van der Waals surface area contributed by atoms with E-state index < -0.39 is 6.03 Å². The van der Waals surface area contributed by atoms with Gasteiger partial charge < -0.3 is 5.32 Å². The Morgan fingerprint density at radius 2 is 2.11 bits per heavy atom. The van der Waals surface area contributed by atoms with Crippen LogP contribution in [0.15, 0.2) is 16.6 Å². The summed E-state index contributed by atoms with van der Waals surface area (Å²) >= 11 is 9.31. The van der Waals surface area contributed by atoms with Crippen molar-refractivity contribution < 1.29 is 9.63 Å². The highest BCUT2D eigenvalue weighted by molar-refractivity contribution is 9.10. The summed E-state index contributed by atoms with van der Waals surface area (Å²) in [5.74, 6) is -0.277. The highest BCUT2D eigenvalue weighted by Crippen LogP contribution is 2.29. The van der Waals surface area contributed by atoms with E-state index in [9.17, 15) is 4.79 Å². The molecule has 0 aliphatic rings. The average Bonchev–Trinajstić information content (AvgIpc) is 2.23. The van der Waals surface area contributed by atoms with Crippen molar-refractivity contribution in [1.82, 2.24) is 10.8 Å². The number of hydroxylamine groups is 1. The first-order valence-electron chi connectivity index (χ1n) is 4.85. The lowest BCUT2D eigenvalue weighted by Gasteiger charge is -2.12. The number of halogens is 3. The van der Waals surface area contributed by atoms with Crippen LogP contribution in [0.3, 0.4) is 0 Å². The van der Waals surface area contributed by atoms with E-state index in [1.165, 1.54) is 7.11 Å². The van der Waals surface area contributed by atoms with Crippen molar-refractivity contribution in [3.63, 3.8) is 0 Å². The highest BCUT2D eigenvalue weighted by atomic mass is 79.9. The molecular weight excluding hydrogens is 359 g/mol. The van der Waals surface area contributed by atoms with Crippen LogP contribution in [-0.4, -0.2) is 19.1 Å². The normalized spacial score (nSPS) is 9.26. The smallest absolute Gasteiger partial charge is 0.306 e. The van der Waals surface area contributed by atoms with E-state index in [-0.39, 0.29) is 18.4 Å². The number of nitrogens with one attached hydrogen (secondary N) is 4. The topological polar surface area (TPSA) is 86.2 Å². The van der Waals surface area contributed by atoms with Gasteiger partial charge in [0.2, 0.25) is 5.96 Å². The Morgan fingerprint density at radius 1 is 1.47 bits per heavy atom. The lowest BCUT2D eigenvalue weighted by molar-refractivity contribution is 0.141. The van der Waals surface area contributed by atoms with Crippen LogP contribution in [0.5, 0.6) is 0 Å². The Hall–Kier alpha value is -1.02. The molecule has 1 aromatic rings. The molecule has 0 unspecified atom stereocenters. The molecule has 0 radical (unpaired) electrons. The second-order valence-corrected chi connectivity index (χ2v) is 4.66. The Kier molecular flexibility index (Phi) is 7.77. The molecule has 0 atom stereocenters. The third-order valence-corrected chi connectivity index (χ3v) is 2.69. The third kappa shape index (κ3) is 5.65. The minimum atomic E-state index is -0.586. The molecule has 2 amide bonds. The lowest BCUT2D eigenvalue weighted by atomic mass is 10.2. The van der Waals surface area contributed by atoms with Gasteiger partial charge in [0.05, 0.1) is 17.8 Å². The van der Waals surface area contributed by atoms with Gasteiger partial charge in [-0.05, 0) is 24.6 Å². The fourth-order valence-corrected chi connectivity index (χ4v) is 2.26. The van der Waals surface area contributed by atoms with Gasteiger partial charge in [-0.15, -0.1) is 12.4 Å². The van der Waals surface area contributed by atoms with E-state index in [2.05, 4.69) is 36.9 Å². The maximum absolute atomic E-state index is 11.6. The summed E-state index contributed by atoms with van der Waals surface area (Å²) in [6.07, 6.45) is 0. The Balaban J connectivity index is 0.00000324. The van der Waals surface area contributed by atoms with Crippen LogP contribution in [0.2, 0.25) is 5.02 Å². The molecule has 0 aliphatic carbocycles. The molecule has 106 valence electrons. The molecule has 9 heteroatoms.